The van der Waals surface area contributed by atoms with Gasteiger partial charge in [-0.3, -0.25) is 0 Å². The molecule has 0 amide bonds. The predicted octanol–water partition coefficient (Wildman–Crippen LogP) is 1.86. The third kappa shape index (κ3) is 1.47. The lowest BCUT2D eigenvalue weighted by atomic mass is 9.97. The van der Waals surface area contributed by atoms with Gasteiger partial charge in [0.05, 0.1) is 0 Å². The lowest BCUT2D eigenvalue weighted by Gasteiger charge is -2.09. The van der Waals surface area contributed by atoms with E-state index in [9.17, 15) is 0 Å². The second-order valence-corrected chi connectivity index (χ2v) is 3.19. The minimum Gasteiger partial charge on any atom is -0.353 e. The van der Waals surface area contributed by atoms with E-state index in [2.05, 4.69) is 6.08 Å². The smallest absolute Gasteiger partial charge is 0.188 e. The van der Waals surface area contributed by atoms with Gasteiger partial charge in [0.25, 0.3) is 0 Å². The van der Waals surface area contributed by atoms with Crippen LogP contribution in [0.25, 0.3) is 0 Å². The fraction of sp³-hybridized carbons (Fsp3) is 0.778. The molecule has 0 spiro atoms. The molecule has 62 valence electrons. The lowest BCUT2D eigenvalue weighted by molar-refractivity contribution is 0.0950. The molecule has 1 heterocycles. The maximum absolute atomic E-state index is 5.32. The van der Waals surface area contributed by atoms with Crippen LogP contribution in [0.4, 0.5) is 0 Å². The van der Waals surface area contributed by atoms with E-state index >= 15 is 0 Å². The van der Waals surface area contributed by atoms with Crippen LogP contribution in [-0.4, -0.2) is 19.5 Å². The molecule has 2 nitrogen and oxygen atoms in total. The number of methoxy groups -OCH3 is 1. The average Bonchev–Trinajstić information content (AvgIpc) is 2.85. The van der Waals surface area contributed by atoms with Gasteiger partial charge in [-0.2, -0.15) is 0 Å². The van der Waals surface area contributed by atoms with Crippen molar-refractivity contribution in [3.05, 3.63) is 11.6 Å². The Morgan fingerprint density at radius 3 is 3.00 bits per heavy atom. The summed E-state index contributed by atoms with van der Waals surface area (Å²) in [6.45, 7) is 0. The van der Waals surface area contributed by atoms with Crippen molar-refractivity contribution < 1.29 is 9.47 Å². The van der Waals surface area contributed by atoms with Crippen LogP contribution in [-0.2, 0) is 9.47 Å². The molecule has 1 fully saturated rings. The molecule has 0 aromatic carbocycles. The summed E-state index contributed by atoms with van der Waals surface area (Å²) in [4.78, 5) is 0. The van der Waals surface area contributed by atoms with E-state index < -0.39 is 0 Å². The van der Waals surface area contributed by atoms with Gasteiger partial charge >= 0.3 is 0 Å². The zero-order valence-electron chi connectivity index (χ0n) is 6.88. The Balaban J connectivity index is 1.90. The fourth-order valence-corrected chi connectivity index (χ4v) is 1.66. The zero-order chi connectivity index (χ0) is 7.68. The Hall–Kier alpha value is -0.340. The molecule has 2 rings (SSSR count). The SMILES string of the molecule is COC1OC1C1=CCCCC1. The van der Waals surface area contributed by atoms with Crippen LogP contribution < -0.4 is 0 Å². The van der Waals surface area contributed by atoms with Crippen LogP contribution in [0.3, 0.4) is 0 Å². The van der Waals surface area contributed by atoms with Crippen LogP contribution in [0.15, 0.2) is 11.6 Å². The largest absolute Gasteiger partial charge is 0.353 e. The maximum Gasteiger partial charge on any atom is 0.188 e. The summed E-state index contributed by atoms with van der Waals surface area (Å²) in [6, 6.07) is 0. The Morgan fingerprint density at radius 1 is 1.55 bits per heavy atom. The van der Waals surface area contributed by atoms with Crippen LogP contribution in [0.2, 0.25) is 0 Å². The van der Waals surface area contributed by atoms with Gasteiger partial charge in [-0.05, 0) is 31.3 Å². The van der Waals surface area contributed by atoms with E-state index in [1.54, 1.807) is 7.11 Å². The van der Waals surface area contributed by atoms with Crippen molar-refractivity contribution in [3.63, 3.8) is 0 Å². The van der Waals surface area contributed by atoms with Crippen LogP contribution in [0, 0.1) is 0 Å². The highest BCUT2D eigenvalue weighted by Crippen LogP contribution is 2.34. The van der Waals surface area contributed by atoms with Crippen molar-refractivity contribution in [1.82, 2.24) is 0 Å². The summed E-state index contributed by atoms with van der Waals surface area (Å²) < 4.78 is 10.4. The molecule has 1 saturated heterocycles. The number of hydrogen-bond donors (Lipinski definition) is 0. The van der Waals surface area contributed by atoms with E-state index in [4.69, 9.17) is 9.47 Å². The second kappa shape index (κ2) is 2.95. The zero-order valence-corrected chi connectivity index (χ0v) is 6.88. The average molecular weight is 154 g/mol. The quantitative estimate of drug-likeness (QED) is 0.447. The van der Waals surface area contributed by atoms with Gasteiger partial charge in [-0.1, -0.05) is 6.08 Å². The van der Waals surface area contributed by atoms with Crippen molar-refractivity contribution in [2.75, 3.05) is 7.11 Å². The van der Waals surface area contributed by atoms with Crippen molar-refractivity contribution in [2.45, 2.75) is 38.1 Å². The van der Waals surface area contributed by atoms with E-state index in [0.717, 1.165) is 0 Å². The molecule has 0 aromatic rings. The van der Waals surface area contributed by atoms with Gasteiger partial charge in [-0.25, -0.2) is 0 Å². The van der Waals surface area contributed by atoms with Crippen LogP contribution in [0.1, 0.15) is 25.7 Å². The first kappa shape index (κ1) is 7.32. The highest BCUT2D eigenvalue weighted by atomic mass is 16.8. The molecule has 2 aliphatic rings. The normalized spacial score (nSPS) is 36.6. The van der Waals surface area contributed by atoms with Crippen LogP contribution in [0.5, 0.6) is 0 Å². The lowest BCUT2D eigenvalue weighted by Crippen LogP contribution is -2.03. The molecule has 0 aromatic heterocycles. The van der Waals surface area contributed by atoms with Crippen LogP contribution >= 0.6 is 0 Å². The van der Waals surface area contributed by atoms with Crippen molar-refractivity contribution in [1.29, 1.82) is 0 Å². The number of hydrogen-bond acceptors (Lipinski definition) is 2. The fourth-order valence-electron chi connectivity index (χ4n) is 1.66. The number of allylic oxidation sites excluding steroid dienone is 1. The maximum atomic E-state index is 5.32. The molecule has 11 heavy (non-hydrogen) atoms. The van der Waals surface area contributed by atoms with Gasteiger partial charge < -0.3 is 9.47 Å². The second-order valence-electron chi connectivity index (χ2n) is 3.19. The molecule has 1 aliphatic carbocycles. The van der Waals surface area contributed by atoms with Gasteiger partial charge in [0.15, 0.2) is 6.29 Å². The van der Waals surface area contributed by atoms with E-state index in [-0.39, 0.29) is 6.29 Å². The topological polar surface area (TPSA) is 21.8 Å². The molecular weight excluding hydrogens is 140 g/mol. The molecular formula is C9H14O2. The predicted molar refractivity (Wildman–Crippen MR) is 42.2 cm³/mol. The van der Waals surface area contributed by atoms with Crippen molar-refractivity contribution >= 4 is 0 Å². The standard InChI is InChI=1S/C9H14O2/c1-10-9-8(11-9)7-5-3-2-4-6-7/h5,8-9H,2-4,6H2,1H3. The first-order valence-electron chi connectivity index (χ1n) is 4.29. The number of epoxide rings is 1. The number of ether oxygens (including phenoxy) is 2. The Labute approximate surface area is 67.2 Å². The van der Waals surface area contributed by atoms with Gasteiger partial charge in [0.2, 0.25) is 0 Å². The Kier molecular flexibility index (Phi) is 1.96. The Morgan fingerprint density at radius 2 is 2.45 bits per heavy atom. The van der Waals surface area contributed by atoms with Gasteiger partial charge in [0, 0.05) is 7.11 Å². The Bertz CT molecular complexity index is 174. The molecule has 2 unspecified atom stereocenters. The summed E-state index contributed by atoms with van der Waals surface area (Å²) in [6.07, 6.45) is 7.79. The summed E-state index contributed by atoms with van der Waals surface area (Å²) in [5.74, 6) is 0. The first-order chi connectivity index (χ1) is 5.42. The molecule has 2 heteroatoms. The minimum absolute atomic E-state index is 0.0688. The third-order valence-electron chi connectivity index (χ3n) is 2.38. The molecule has 0 N–H and O–H groups in total. The third-order valence-corrected chi connectivity index (χ3v) is 2.38. The van der Waals surface area contributed by atoms with E-state index in [0.29, 0.717) is 6.10 Å². The van der Waals surface area contributed by atoms with Crippen molar-refractivity contribution in [2.24, 2.45) is 0 Å². The molecule has 0 radical (unpaired) electrons. The highest BCUT2D eigenvalue weighted by molar-refractivity contribution is 5.16. The minimum atomic E-state index is 0.0688. The summed E-state index contributed by atoms with van der Waals surface area (Å²) in [5.41, 5.74) is 1.46. The van der Waals surface area contributed by atoms with Gasteiger partial charge in [-0.15, -0.1) is 0 Å². The molecule has 0 saturated carbocycles. The van der Waals surface area contributed by atoms with Crippen molar-refractivity contribution in [3.8, 4) is 0 Å². The molecule has 0 bridgehead atoms. The number of rotatable bonds is 2. The molecule has 2 atom stereocenters. The van der Waals surface area contributed by atoms with E-state index in [1.165, 1.54) is 31.3 Å². The summed E-state index contributed by atoms with van der Waals surface area (Å²) >= 11 is 0. The monoisotopic (exact) mass is 154 g/mol. The van der Waals surface area contributed by atoms with Gasteiger partial charge in [0.1, 0.15) is 6.10 Å². The summed E-state index contributed by atoms with van der Waals surface area (Å²) in [5, 5.41) is 0. The highest BCUT2D eigenvalue weighted by Gasteiger charge is 2.41. The first-order valence-corrected chi connectivity index (χ1v) is 4.29. The molecule has 1 aliphatic heterocycles. The summed E-state index contributed by atoms with van der Waals surface area (Å²) in [7, 11) is 1.70. The van der Waals surface area contributed by atoms with E-state index in [1.807, 2.05) is 0 Å².